The number of benzene rings is 2. The summed E-state index contributed by atoms with van der Waals surface area (Å²) in [6.45, 7) is 1.88. The topological polar surface area (TPSA) is 51.5 Å². The summed E-state index contributed by atoms with van der Waals surface area (Å²) in [6.07, 6.45) is 1.92. The molecule has 3 aromatic rings. The summed E-state index contributed by atoms with van der Waals surface area (Å²) in [5.41, 5.74) is 3.98. The molecule has 0 atom stereocenters. The van der Waals surface area contributed by atoms with E-state index in [4.69, 9.17) is 4.74 Å². The molecule has 0 radical (unpaired) electrons. The summed E-state index contributed by atoms with van der Waals surface area (Å²) in [6, 6.07) is 16.6. The summed E-state index contributed by atoms with van der Waals surface area (Å²) in [7, 11) is 1.38. The third-order valence-corrected chi connectivity index (χ3v) is 3.85. The van der Waals surface area contributed by atoms with E-state index in [1.54, 1.807) is 24.3 Å². The summed E-state index contributed by atoms with van der Waals surface area (Å²) >= 11 is 0. The third kappa shape index (κ3) is 2.71. The fourth-order valence-corrected chi connectivity index (χ4v) is 2.68. The summed E-state index contributed by atoms with van der Waals surface area (Å²) in [4.78, 5) is 12.3. The van der Waals surface area contributed by atoms with E-state index in [0.29, 0.717) is 5.56 Å². The average molecular weight is 307 g/mol. The van der Waals surface area contributed by atoms with Crippen LogP contribution in [-0.2, 0) is 4.74 Å². The van der Waals surface area contributed by atoms with Crippen LogP contribution in [-0.4, -0.2) is 22.8 Å². The van der Waals surface area contributed by atoms with Crippen LogP contribution in [0.2, 0.25) is 0 Å². The monoisotopic (exact) mass is 307 g/mol. The lowest BCUT2D eigenvalue weighted by molar-refractivity contribution is 0.0601. The Morgan fingerprint density at radius 2 is 1.70 bits per heavy atom. The number of esters is 1. The molecular formula is C19H17NO3. The number of carbonyl (C=O) groups excluding carboxylic acids is 1. The maximum absolute atomic E-state index is 12.3. The quantitative estimate of drug-likeness (QED) is 0.746. The first kappa shape index (κ1) is 14.9. The Kier molecular flexibility index (Phi) is 3.89. The van der Waals surface area contributed by atoms with Crippen LogP contribution < -0.4 is 0 Å². The van der Waals surface area contributed by atoms with E-state index in [1.807, 2.05) is 48.0 Å². The van der Waals surface area contributed by atoms with Crippen LogP contribution in [0.1, 0.15) is 16.1 Å². The van der Waals surface area contributed by atoms with E-state index < -0.39 is 0 Å². The highest BCUT2D eigenvalue weighted by molar-refractivity contribution is 5.99. The van der Waals surface area contributed by atoms with Crippen LogP contribution in [0.3, 0.4) is 0 Å². The lowest BCUT2D eigenvalue weighted by atomic mass is 10.0. The van der Waals surface area contributed by atoms with Crippen molar-refractivity contribution in [3.63, 3.8) is 0 Å². The smallest absolute Gasteiger partial charge is 0.340 e. The van der Waals surface area contributed by atoms with E-state index >= 15 is 0 Å². The molecule has 0 aliphatic heterocycles. The highest BCUT2D eigenvalue weighted by Crippen LogP contribution is 2.31. The predicted octanol–water partition coefficient (Wildman–Crippen LogP) is 3.94. The minimum absolute atomic E-state index is 0.204. The van der Waals surface area contributed by atoms with Crippen molar-refractivity contribution >= 4 is 5.97 Å². The molecule has 4 heteroatoms. The number of carbonyl (C=O) groups is 1. The van der Waals surface area contributed by atoms with Gasteiger partial charge in [-0.3, -0.25) is 0 Å². The van der Waals surface area contributed by atoms with Gasteiger partial charge in [-0.15, -0.1) is 0 Å². The van der Waals surface area contributed by atoms with Crippen LogP contribution in [0.5, 0.6) is 5.75 Å². The molecule has 0 spiro atoms. The van der Waals surface area contributed by atoms with Gasteiger partial charge < -0.3 is 14.4 Å². The molecule has 116 valence electrons. The number of phenolic OH excluding ortho intramolecular Hbond substituents is 1. The SMILES string of the molecule is COC(=O)c1c(-c2ccccc2)cn(-c2ccc(O)cc2)c1C. The maximum Gasteiger partial charge on any atom is 0.340 e. The fraction of sp³-hybridized carbons (Fsp3) is 0.105. The van der Waals surface area contributed by atoms with Crippen molar-refractivity contribution in [2.24, 2.45) is 0 Å². The zero-order valence-electron chi connectivity index (χ0n) is 13.0. The molecule has 1 aromatic heterocycles. The summed E-state index contributed by atoms with van der Waals surface area (Å²) in [5, 5.41) is 9.45. The van der Waals surface area contributed by atoms with Crippen molar-refractivity contribution in [3.05, 3.63) is 72.1 Å². The van der Waals surface area contributed by atoms with Gasteiger partial charge in [-0.1, -0.05) is 30.3 Å². The van der Waals surface area contributed by atoms with Gasteiger partial charge in [-0.25, -0.2) is 4.79 Å². The number of methoxy groups -OCH3 is 1. The van der Waals surface area contributed by atoms with Gasteiger partial charge in [0.25, 0.3) is 0 Å². The normalized spacial score (nSPS) is 10.5. The van der Waals surface area contributed by atoms with Crippen LogP contribution in [0, 0.1) is 6.92 Å². The molecule has 0 fully saturated rings. The van der Waals surface area contributed by atoms with Gasteiger partial charge in [-0.2, -0.15) is 0 Å². The number of aromatic nitrogens is 1. The second-order valence-corrected chi connectivity index (χ2v) is 5.25. The van der Waals surface area contributed by atoms with Gasteiger partial charge in [0.15, 0.2) is 0 Å². The number of rotatable bonds is 3. The number of hydrogen-bond donors (Lipinski definition) is 1. The Morgan fingerprint density at radius 3 is 2.30 bits per heavy atom. The minimum atomic E-state index is -0.362. The van der Waals surface area contributed by atoms with E-state index in [2.05, 4.69) is 0 Å². The first-order valence-corrected chi connectivity index (χ1v) is 7.27. The minimum Gasteiger partial charge on any atom is -0.508 e. The molecule has 0 aliphatic carbocycles. The highest BCUT2D eigenvalue weighted by Gasteiger charge is 2.21. The third-order valence-electron chi connectivity index (χ3n) is 3.85. The number of aromatic hydroxyl groups is 1. The maximum atomic E-state index is 12.3. The number of ether oxygens (including phenoxy) is 1. The van der Waals surface area contributed by atoms with Crippen molar-refractivity contribution in [2.45, 2.75) is 6.92 Å². The second kappa shape index (κ2) is 6.01. The molecule has 3 rings (SSSR count). The molecule has 0 unspecified atom stereocenters. The van der Waals surface area contributed by atoms with Gasteiger partial charge in [0, 0.05) is 23.1 Å². The highest BCUT2D eigenvalue weighted by atomic mass is 16.5. The Labute approximate surface area is 134 Å². The zero-order chi connectivity index (χ0) is 16.4. The molecular weight excluding hydrogens is 290 g/mol. The first-order chi connectivity index (χ1) is 11.1. The van der Waals surface area contributed by atoms with Gasteiger partial charge in [0.2, 0.25) is 0 Å². The van der Waals surface area contributed by atoms with Crippen LogP contribution >= 0.6 is 0 Å². The fourth-order valence-electron chi connectivity index (χ4n) is 2.68. The van der Waals surface area contributed by atoms with Crippen LogP contribution in [0.15, 0.2) is 60.8 Å². The average Bonchev–Trinajstić information content (AvgIpc) is 2.93. The number of hydrogen-bond acceptors (Lipinski definition) is 3. The second-order valence-electron chi connectivity index (χ2n) is 5.25. The van der Waals surface area contributed by atoms with Crippen LogP contribution in [0.25, 0.3) is 16.8 Å². The van der Waals surface area contributed by atoms with Crippen molar-refractivity contribution < 1.29 is 14.6 Å². The predicted molar refractivity (Wildman–Crippen MR) is 88.9 cm³/mol. The lowest BCUT2D eigenvalue weighted by Gasteiger charge is -2.07. The molecule has 0 amide bonds. The number of nitrogens with zero attached hydrogens (tertiary/aromatic N) is 1. The van der Waals surface area contributed by atoms with Gasteiger partial charge >= 0.3 is 5.97 Å². The Balaban J connectivity index is 2.22. The molecule has 0 saturated carbocycles. The Bertz CT molecular complexity index is 833. The molecule has 0 aliphatic rings. The molecule has 0 saturated heterocycles. The van der Waals surface area contributed by atoms with Crippen molar-refractivity contribution in [1.29, 1.82) is 0 Å². The Hall–Kier alpha value is -3.01. The largest absolute Gasteiger partial charge is 0.508 e. The lowest BCUT2D eigenvalue weighted by Crippen LogP contribution is -2.05. The van der Waals surface area contributed by atoms with E-state index in [-0.39, 0.29) is 11.7 Å². The Morgan fingerprint density at radius 1 is 1.04 bits per heavy atom. The van der Waals surface area contributed by atoms with E-state index in [0.717, 1.165) is 22.5 Å². The van der Waals surface area contributed by atoms with Gasteiger partial charge in [-0.05, 0) is 36.8 Å². The van der Waals surface area contributed by atoms with Crippen molar-refractivity contribution in [1.82, 2.24) is 4.57 Å². The summed E-state index contributed by atoms with van der Waals surface area (Å²) < 4.78 is 6.88. The van der Waals surface area contributed by atoms with Crippen molar-refractivity contribution in [2.75, 3.05) is 7.11 Å². The van der Waals surface area contributed by atoms with E-state index in [9.17, 15) is 9.90 Å². The van der Waals surface area contributed by atoms with Crippen LogP contribution in [0.4, 0.5) is 0 Å². The first-order valence-electron chi connectivity index (χ1n) is 7.27. The molecule has 4 nitrogen and oxygen atoms in total. The molecule has 1 N–H and O–H groups in total. The molecule has 1 heterocycles. The van der Waals surface area contributed by atoms with E-state index in [1.165, 1.54) is 7.11 Å². The zero-order valence-corrected chi connectivity index (χ0v) is 13.0. The molecule has 0 bridgehead atoms. The number of phenols is 1. The van der Waals surface area contributed by atoms with Gasteiger partial charge in [0.1, 0.15) is 5.75 Å². The van der Waals surface area contributed by atoms with Gasteiger partial charge in [0.05, 0.1) is 12.7 Å². The standard InChI is InChI=1S/C19H17NO3/c1-13-18(19(22)23-2)17(14-6-4-3-5-7-14)12-20(13)15-8-10-16(21)11-9-15/h3-12,21H,1-2H3. The molecule has 2 aromatic carbocycles. The van der Waals surface area contributed by atoms with Crippen molar-refractivity contribution in [3.8, 4) is 22.6 Å². The molecule has 23 heavy (non-hydrogen) atoms. The summed E-state index contributed by atoms with van der Waals surface area (Å²) in [5.74, 6) is -0.158.